The van der Waals surface area contributed by atoms with E-state index in [1.165, 1.54) is 12.0 Å². The smallest absolute Gasteiger partial charge is 0.404 e. The summed E-state index contributed by atoms with van der Waals surface area (Å²) in [4.78, 5) is 12.7. The fraction of sp³-hybridized carbons (Fsp3) is 0.909. The lowest BCUT2D eigenvalue weighted by Gasteiger charge is -2.40. The van der Waals surface area contributed by atoms with Crippen molar-refractivity contribution in [1.29, 1.82) is 0 Å². The van der Waals surface area contributed by atoms with E-state index in [4.69, 9.17) is 5.73 Å². The van der Waals surface area contributed by atoms with Crippen LogP contribution in [0.4, 0.5) is 13.2 Å². The molecule has 0 aromatic heterocycles. The average molecular weight is 268 g/mol. The molecule has 1 aliphatic heterocycles. The Morgan fingerprint density at radius 1 is 1.50 bits per heavy atom. The summed E-state index contributed by atoms with van der Waals surface area (Å²) in [5.74, 6) is -0.596. The SMILES string of the molecule is COC(=O)C1CCCCN1C(CCN)C(F)(F)F. The second kappa shape index (κ2) is 6.38. The number of halogens is 3. The number of nitrogens with zero attached hydrogens (tertiary/aromatic N) is 1. The molecule has 4 nitrogen and oxygen atoms in total. The minimum atomic E-state index is -4.37. The molecule has 1 aliphatic rings. The molecule has 0 amide bonds. The van der Waals surface area contributed by atoms with Crippen LogP contribution in [0.3, 0.4) is 0 Å². The summed E-state index contributed by atoms with van der Waals surface area (Å²) in [6, 6.07) is -2.46. The number of alkyl halides is 3. The van der Waals surface area contributed by atoms with Gasteiger partial charge >= 0.3 is 12.1 Å². The number of likely N-dealkylation sites (tertiary alicyclic amines) is 1. The lowest BCUT2D eigenvalue weighted by Crippen LogP contribution is -2.56. The van der Waals surface area contributed by atoms with Crippen LogP contribution in [-0.4, -0.2) is 49.3 Å². The monoisotopic (exact) mass is 268 g/mol. The van der Waals surface area contributed by atoms with Gasteiger partial charge in [0, 0.05) is 0 Å². The van der Waals surface area contributed by atoms with Gasteiger partial charge in [-0.1, -0.05) is 6.42 Å². The first-order valence-corrected chi connectivity index (χ1v) is 6.02. The molecule has 0 saturated carbocycles. The van der Waals surface area contributed by atoms with Crippen molar-refractivity contribution >= 4 is 5.97 Å². The third kappa shape index (κ3) is 3.58. The molecule has 0 aromatic rings. The summed E-state index contributed by atoms with van der Waals surface area (Å²) in [5, 5.41) is 0. The van der Waals surface area contributed by atoms with Gasteiger partial charge < -0.3 is 10.5 Å². The molecule has 2 N–H and O–H groups in total. The van der Waals surface area contributed by atoms with E-state index in [2.05, 4.69) is 4.74 Å². The van der Waals surface area contributed by atoms with E-state index in [1.54, 1.807) is 0 Å². The van der Waals surface area contributed by atoms with E-state index < -0.39 is 24.2 Å². The Hall–Kier alpha value is -0.820. The van der Waals surface area contributed by atoms with Gasteiger partial charge in [0.05, 0.1) is 7.11 Å². The van der Waals surface area contributed by atoms with Crippen molar-refractivity contribution in [3.05, 3.63) is 0 Å². The van der Waals surface area contributed by atoms with Crippen LogP contribution in [0.2, 0.25) is 0 Å². The number of rotatable bonds is 4. The number of hydrogen-bond donors (Lipinski definition) is 1. The van der Waals surface area contributed by atoms with Crippen molar-refractivity contribution in [2.45, 2.75) is 43.9 Å². The molecule has 18 heavy (non-hydrogen) atoms. The predicted molar refractivity (Wildman–Crippen MR) is 59.9 cm³/mol. The Morgan fingerprint density at radius 2 is 2.17 bits per heavy atom. The molecule has 106 valence electrons. The first kappa shape index (κ1) is 15.2. The van der Waals surface area contributed by atoms with E-state index in [9.17, 15) is 18.0 Å². The van der Waals surface area contributed by atoms with Crippen LogP contribution in [0.5, 0.6) is 0 Å². The standard InChI is InChI=1S/C11H19F3N2O2/c1-18-10(17)8-4-2-3-7-16(8)9(5-6-15)11(12,13)14/h8-9H,2-7,15H2,1H3. The lowest BCUT2D eigenvalue weighted by atomic mass is 9.98. The van der Waals surface area contributed by atoms with Gasteiger partial charge in [0.15, 0.2) is 0 Å². The Kier molecular flexibility index (Phi) is 5.40. The number of carbonyl (C=O) groups is 1. The van der Waals surface area contributed by atoms with Crippen LogP contribution >= 0.6 is 0 Å². The minimum Gasteiger partial charge on any atom is -0.468 e. The summed E-state index contributed by atoms with van der Waals surface area (Å²) in [6.07, 6.45) is -2.77. The number of esters is 1. The average Bonchev–Trinajstić information content (AvgIpc) is 2.33. The minimum absolute atomic E-state index is 0.0609. The zero-order chi connectivity index (χ0) is 13.8. The van der Waals surface area contributed by atoms with Gasteiger partial charge in [-0.15, -0.1) is 0 Å². The number of ether oxygens (including phenoxy) is 1. The zero-order valence-electron chi connectivity index (χ0n) is 10.4. The summed E-state index contributed by atoms with van der Waals surface area (Å²) in [7, 11) is 1.20. The fourth-order valence-corrected chi connectivity index (χ4v) is 2.39. The highest BCUT2D eigenvalue weighted by Crippen LogP contribution is 2.32. The molecule has 2 unspecified atom stereocenters. The first-order valence-electron chi connectivity index (χ1n) is 6.02. The van der Waals surface area contributed by atoms with Gasteiger partial charge in [0.25, 0.3) is 0 Å². The molecule has 0 aliphatic carbocycles. The number of methoxy groups -OCH3 is 1. The number of nitrogens with two attached hydrogens (primary N) is 1. The second-order valence-corrected chi connectivity index (χ2v) is 4.41. The Morgan fingerprint density at radius 3 is 2.67 bits per heavy atom. The van der Waals surface area contributed by atoms with Crippen molar-refractivity contribution in [2.75, 3.05) is 20.2 Å². The van der Waals surface area contributed by atoms with Gasteiger partial charge in [-0.25, -0.2) is 0 Å². The maximum absolute atomic E-state index is 13.0. The van der Waals surface area contributed by atoms with Crippen LogP contribution in [0, 0.1) is 0 Å². The summed E-state index contributed by atoms with van der Waals surface area (Å²) >= 11 is 0. The number of carbonyl (C=O) groups excluding carboxylic acids is 1. The van der Waals surface area contributed by atoms with E-state index in [-0.39, 0.29) is 19.5 Å². The maximum Gasteiger partial charge on any atom is 0.404 e. The molecule has 2 atom stereocenters. The molecule has 0 aromatic carbocycles. The van der Waals surface area contributed by atoms with Crippen molar-refractivity contribution in [3.8, 4) is 0 Å². The van der Waals surface area contributed by atoms with Gasteiger partial charge in [-0.05, 0) is 32.4 Å². The Labute approximate surface area is 104 Å². The van der Waals surface area contributed by atoms with Gasteiger partial charge in [-0.2, -0.15) is 13.2 Å². The third-order valence-corrected chi connectivity index (χ3v) is 3.24. The molecule has 1 heterocycles. The van der Waals surface area contributed by atoms with Crippen molar-refractivity contribution < 1.29 is 22.7 Å². The quantitative estimate of drug-likeness (QED) is 0.781. The highest BCUT2D eigenvalue weighted by Gasteiger charge is 2.47. The molecule has 0 bridgehead atoms. The van der Waals surface area contributed by atoms with Crippen LogP contribution in [0.1, 0.15) is 25.7 Å². The molecule has 0 radical (unpaired) electrons. The normalized spacial score (nSPS) is 23.7. The van der Waals surface area contributed by atoms with E-state index in [0.717, 1.165) is 6.42 Å². The van der Waals surface area contributed by atoms with E-state index >= 15 is 0 Å². The van der Waals surface area contributed by atoms with Crippen molar-refractivity contribution in [3.63, 3.8) is 0 Å². The molecule has 1 fully saturated rings. The van der Waals surface area contributed by atoms with E-state index in [0.29, 0.717) is 12.8 Å². The Bertz CT molecular complexity index is 284. The first-order chi connectivity index (χ1) is 8.41. The highest BCUT2D eigenvalue weighted by atomic mass is 19.4. The molecule has 1 saturated heterocycles. The summed E-state index contributed by atoms with van der Waals surface area (Å²) in [5.41, 5.74) is 5.24. The zero-order valence-corrected chi connectivity index (χ0v) is 10.4. The van der Waals surface area contributed by atoms with Gasteiger partial charge in [-0.3, -0.25) is 9.69 Å². The Balaban J connectivity index is 2.88. The van der Waals surface area contributed by atoms with Crippen LogP contribution in [-0.2, 0) is 9.53 Å². The highest BCUT2D eigenvalue weighted by molar-refractivity contribution is 5.75. The fourth-order valence-electron chi connectivity index (χ4n) is 2.39. The summed E-state index contributed by atoms with van der Waals surface area (Å²) in [6.45, 7) is 0.193. The molecule has 0 spiro atoms. The largest absolute Gasteiger partial charge is 0.468 e. The maximum atomic E-state index is 13.0. The third-order valence-electron chi connectivity index (χ3n) is 3.24. The van der Waals surface area contributed by atoms with Crippen LogP contribution in [0.15, 0.2) is 0 Å². The van der Waals surface area contributed by atoms with Crippen molar-refractivity contribution in [2.24, 2.45) is 5.73 Å². The molecule has 7 heteroatoms. The molecular formula is C11H19F3N2O2. The van der Waals surface area contributed by atoms with Crippen molar-refractivity contribution in [1.82, 2.24) is 4.90 Å². The predicted octanol–water partition coefficient (Wildman–Crippen LogP) is 1.29. The van der Waals surface area contributed by atoms with E-state index in [1.807, 2.05) is 0 Å². The van der Waals surface area contributed by atoms with Crippen LogP contribution < -0.4 is 5.73 Å². The molecular weight excluding hydrogens is 249 g/mol. The van der Waals surface area contributed by atoms with Gasteiger partial charge in [0.1, 0.15) is 12.1 Å². The lowest BCUT2D eigenvalue weighted by molar-refractivity contribution is -0.198. The number of hydrogen-bond acceptors (Lipinski definition) is 4. The molecule has 1 rings (SSSR count). The number of piperidine rings is 1. The summed E-state index contributed by atoms with van der Waals surface area (Å²) < 4.78 is 43.5. The second-order valence-electron chi connectivity index (χ2n) is 4.41. The van der Waals surface area contributed by atoms with Crippen LogP contribution in [0.25, 0.3) is 0 Å². The van der Waals surface area contributed by atoms with Gasteiger partial charge in [0.2, 0.25) is 0 Å². The topological polar surface area (TPSA) is 55.6 Å².